The molecule has 8 nitrogen and oxygen atoms in total. The lowest BCUT2D eigenvalue weighted by Gasteiger charge is -2.16. The zero-order valence-electron chi connectivity index (χ0n) is 16.2. The van der Waals surface area contributed by atoms with E-state index >= 15 is 0 Å². The summed E-state index contributed by atoms with van der Waals surface area (Å²) in [5, 5.41) is 0. The number of nitrogens with zero attached hydrogens (tertiary/aromatic N) is 2. The predicted octanol–water partition coefficient (Wildman–Crippen LogP) is 0.519. The van der Waals surface area contributed by atoms with Crippen molar-refractivity contribution in [2.75, 3.05) is 39.9 Å². The Labute approximate surface area is 172 Å². The molecule has 0 fully saturated rings. The molecule has 0 aromatic rings. The summed E-state index contributed by atoms with van der Waals surface area (Å²) >= 11 is 0. The second-order valence-corrected chi connectivity index (χ2v) is 5.47. The Morgan fingerprint density at radius 1 is 1.00 bits per heavy atom. The Bertz CT molecular complexity index is 820. The molecule has 0 N–H and O–H groups in total. The van der Waals surface area contributed by atoms with Gasteiger partial charge in [-0.15, -0.1) is 12.8 Å². The number of halogens is 2. The normalized spacial score (nSPS) is 10.5. The molecule has 0 unspecified atom stereocenters. The third kappa shape index (κ3) is 10.4. The molecule has 0 saturated carbocycles. The Morgan fingerprint density at radius 3 is 2.13 bits per heavy atom. The summed E-state index contributed by atoms with van der Waals surface area (Å²) in [6.45, 7) is 0.758. The highest BCUT2D eigenvalue weighted by Gasteiger charge is 2.22. The molecule has 10 heteroatoms. The van der Waals surface area contributed by atoms with Crippen molar-refractivity contribution in [3.8, 4) is 24.7 Å². The van der Waals surface area contributed by atoms with Gasteiger partial charge in [0.25, 0.3) is 0 Å². The number of allylic oxidation sites excluding steroid dienone is 2. The number of likely N-dealkylation sites (N-methyl/N-ethyl adjacent to an activating group) is 1. The van der Waals surface area contributed by atoms with Gasteiger partial charge in [0.15, 0.2) is 0 Å². The number of ether oxygens (including phenoxy) is 2. The summed E-state index contributed by atoms with van der Waals surface area (Å²) in [6, 6.07) is 0. The molecule has 0 aliphatic heterocycles. The third-order valence-electron chi connectivity index (χ3n) is 3.03. The minimum atomic E-state index is -1.33. The van der Waals surface area contributed by atoms with Crippen LogP contribution in [0.1, 0.15) is 0 Å². The number of carbonyl (C=O) groups is 4. The van der Waals surface area contributed by atoms with Crippen LogP contribution in [0.4, 0.5) is 8.78 Å². The fourth-order valence-electron chi connectivity index (χ4n) is 1.63. The lowest BCUT2D eigenvalue weighted by atomic mass is 10.3. The number of hydrogen-bond acceptors (Lipinski definition) is 6. The number of terminal acetylenes is 2. The number of carbonyl (C=O) groups excluding carboxylic acids is 4. The molecule has 2 amide bonds. The number of esters is 2. The molecular formula is C20H20F2N2O6. The van der Waals surface area contributed by atoms with Gasteiger partial charge in [0.1, 0.15) is 24.9 Å². The van der Waals surface area contributed by atoms with Gasteiger partial charge in [-0.05, 0) is 6.08 Å². The van der Waals surface area contributed by atoms with E-state index in [1.807, 2.05) is 0 Å². The minimum Gasteiger partial charge on any atom is -0.451 e. The topological polar surface area (TPSA) is 93.2 Å². The van der Waals surface area contributed by atoms with Crippen molar-refractivity contribution >= 4 is 23.8 Å². The van der Waals surface area contributed by atoms with Crippen molar-refractivity contribution < 1.29 is 37.4 Å². The van der Waals surface area contributed by atoms with Gasteiger partial charge in [-0.25, -0.2) is 18.4 Å². The maximum atomic E-state index is 13.7. The van der Waals surface area contributed by atoms with E-state index in [-0.39, 0.29) is 19.6 Å². The van der Waals surface area contributed by atoms with Gasteiger partial charge in [0, 0.05) is 13.6 Å². The molecule has 0 saturated heterocycles. The molecular weight excluding hydrogens is 402 g/mol. The number of hydrogen-bond donors (Lipinski definition) is 0. The summed E-state index contributed by atoms with van der Waals surface area (Å²) in [5.41, 5.74) is 0. The molecule has 0 aliphatic carbocycles. The van der Waals surface area contributed by atoms with Crippen LogP contribution >= 0.6 is 0 Å². The fraction of sp³-hybridized carbons (Fsp3) is 0.300. The highest BCUT2D eigenvalue weighted by molar-refractivity contribution is 6.32. The first-order valence-electron chi connectivity index (χ1n) is 8.23. The maximum Gasteiger partial charge on any atom is 0.397 e. The second kappa shape index (κ2) is 14.1. The molecule has 30 heavy (non-hydrogen) atoms. The molecule has 0 bridgehead atoms. The van der Waals surface area contributed by atoms with Crippen LogP contribution in [-0.4, -0.2) is 73.4 Å². The third-order valence-corrected chi connectivity index (χ3v) is 3.03. The molecule has 0 radical (unpaired) electrons. The van der Waals surface area contributed by atoms with Gasteiger partial charge in [0.05, 0.1) is 13.1 Å². The zero-order chi connectivity index (χ0) is 23.1. The summed E-state index contributed by atoms with van der Waals surface area (Å²) in [7, 11) is 1.28. The standard InChI is InChI=1S/C20H20F2N2O6/c1-5-10-23(4)17(25)19(27)30-14-16(22)9-7-8-12-24(11-6-2)18(26)20(28)29-13-15(3)21/h1-2,7-9H,3,10-14H2,4H3/b8-7+,16-9-. The molecule has 0 rings (SSSR count). The van der Waals surface area contributed by atoms with Crippen LogP contribution in [0, 0.1) is 24.7 Å². The lowest BCUT2D eigenvalue weighted by Crippen LogP contribution is -2.38. The Morgan fingerprint density at radius 2 is 1.57 bits per heavy atom. The number of amides is 2. The molecule has 0 atom stereocenters. The lowest BCUT2D eigenvalue weighted by molar-refractivity contribution is -0.159. The van der Waals surface area contributed by atoms with E-state index in [1.165, 1.54) is 19.2 Å². The van der Waals surface area contributed by atoms with Gasteiger partial charge in [-0.3, -0.25) is 9.59 Å². The quantitative estimate of drug-likeness (QED) is 0.233. The van der Waals surface area contributed by atoms with Crippen LogP contribution in [0.15, 0.2) is 36.5 Å². The Balaban J connectivity index is 4.68. The largest absolute Gasteiger partial charge is 0.451 e. The van der Waals surface area contributed by atoms with E-state index in [9.17, 15) is 28.0 Å². The number of rotatable bonds is 9. The van der Waals surface area contributed by atoms with Crippen molar-refractivity contribution in [2.24, 2.45) is 0 Å². The second-order valence-electron chi connectivity index (χ2n) is 5.47. The first-order chi connectivity index (χ1) is 14.1. The molecule has 0 aliphatic rings. The van der Waals surface area contributed by atoms with Crippen LogP contribution < -0.4 is 0 Å². The van der Waals surface area contributed by atoms with E-state index in [2.05, 4.69) is 27.9 Å². The van der Waals surface area contributed by atoms with Gasteiger partial charge in [0.2, 0.25) is 0 Å². The molecule has 0 heterocycles. The van der Waals surface area contributed by atoms with Crippen LogP contribution in [0.2, 0.25) is 0 Å². The fourth-order valence-corrected chi connectivity index (χ4v) is 1.63. The van der Waals surface area contributed by atoms with Gasteiger partial charge >= 0.3 is 23.8 Å². The summed E-state index contributed by atoms with van der Waals surface area (Å²) in [5.74, 6) is -2.27. The maximum absolute atomic E-state index is 13.7. The van der Waals surface area contributed by atoms with Crippen LogP contribution in [0.5, 0.6) is 0 Å². The Kier molecular flexibility index (Phi) is 12.3. The van der Waals surface area contributed by atoms with E-state index in [4.69, 9.17) is 12.8 Å². The van der Waals surface area contributed by atoms with E-state index in [0.29, 0.717) is 0 Å². The van der Waals surface area contributed by atoms with Crippen molar-refractivity contribution in [1.29, 1.82) is 0 Å². The zero-order valence-corrected chi connectivity index (χ0v) is 16.2. The summed E-state index contributed by atoms with van der Waals surface area (Å²) in [4.78, 5) is 48.2. The first kappa shape index (κ1) is 26.1. The first-order valence-corrected chi connectivity index (χ1v) is 8.23. The molecule has 0 spiro atoms. The average molecular weight is 422 g/mol. The van der Waals surface area contributed by atoms with Crippen molar-refractivity contribution in [1.82, 2.24) is 9.80 Å². The molecule has 160 valence electrons. The monoisotopic (exact) mass is 422 g/mol. The SMILES string of the molecule is C#CCN(C)C(=O)C(=O)OC/C(F)=C/C=C/CN(CC#C)C(=O)C(=O)OCC(=C)F. The molecule has 0 aromatic carbocycles. The van der Waals surface area contributed by atoms with Gasteiger partial charge in [-0.1, -0.05) is 30.6 Å². The van der Waals surface area contributed by atoms with Gasteiger partial charge < -0.3 is 19.3 Å². The summed E-state index contributed by atoms with van der Waals surface area (Å²) in [6.07, 6.45) is 13.5. The van der Waals surface area contributed by atoms with E-state index in [0.717, 1.165) is 15.9 Å². The van der Waals surface area contributed by atoms with Crippen molar-refractivity contribution in [3.05, 3.63) is 36.5 Å². The minimum absolute atomic E-state index is 0.113. The van der Waals surface area contributed by atoms with E-state index < -0.39 is 48.6 Å². The average Bonchev–Trinajstić information content (AvgIpc) is 2.71. The van der Waals surface area contributed by atoms with Crippen molar-refractivity contribution in [3.63, 3.8) is 0 Å². The molecule has 0 aromatic heterocycles. The Hall–Kier alpha value is -3.92. The summed E-state index contributed by atoms with van der Waals surface area (Å²) < 4.78 is 35.0. The van der Waals surface area contributed by atoms with E-state index in [1.54, 1.807) is 0 Å². The van der Waals surface area contributed by atoms with Crippen LogP contribution in [0.3, 0.4) is 0 Å². The highest BCUT2D eigenvalue weighted by atomic mass is 19.1. The highest BCUT2D eigenvalue weighted by Crippen LogP contribution is 2.01. The predicted molar refractivity (Wildman–Crippen MR) is 102 cm³/mol. The van der Waals surface area contributed by atoms with Gasteiger partial charge in [-0.2, -0.15) is 0 Å². The smallest absolute Gasteiger partial charge is 0.397 e. The van der Waals surface area contributed by atoms with Crippen molar-refractivity contribution in [2.45, 2.75) is 0 Å². The van der Waals surface area contributed by atoms with Crippen LogP contribution in [-0.2, 0) is 28.7 Å². The van der Waals surface area contributed by atoms with Crippen LogP contribution in [0.25, 0.3) is 0 Å².